The number of nitrogens with one attached hydrogen (secondary N) is 4. The zero-order chi connectivity index (χ0) is 48.5. The molecule has 0 bridgehead atoms. The first-order valence-corrected chi connectivity index (χ1v) is 24.3. The fourth-order valence-corrected chi connectivity index (χ4v) is 10.5. The Morgan fingerprint density at radius 3 is 1.54 bits per heavy atom. The van der Waals surface area contributed by atoms with E-state index in [4.69, 9.17) is 24.4 Å². The summed E-state index contributed by atoms with van der Waals surface area (Å²) in [7, 11) is 2.59. The quantitative estimate of drug-likeness (QED) is 0.0871. The van der Waals surface area contributed by atoms with Crippen LogP contribution in [-0.2, 0) is 19.1 Å². The van der Waals surface area contributed by atoms with Crippen LogP contribution in [-0.4, -0.2) is 103 Å². The summed E-state index contributed by atoms with van der Waals surface area (Å²) in [4.78, 5) is 76.6. The van der Waals surface area contributed by atoms with E-state index in [1.54, 1.807) is 11.3 Å². The van der Waals surface area contributed by atoms with Crippen molar-refractivity contribution in [1.82, 2.24) is 49.9 Å². The van der Waals surface area contributed by atoms with E-state index in [0.717, 1.165) is 91.6 Å². The van der Waals surface area contributed by atoms with Crippen LogP contribution < -0.4 is 10.6 Å². The van der Waals surface area contributed by atoms with E-state index in [2.05, 4.69) is 104 Å². The minimum Gasteiger partial charge on any atom is -0.453 e. The molecule has 0 saturated carbocycles. The van der Waals surface area contributed by atoms with Crippen LogP contribution in [0.4, 0.5) is 9.59 Å². The van der Waals surface area contributed by atoms with Crippen LogP contribution in [0, 0.1) is 18.8 Å². The summed E-state index contributed by atoms with van der Waals surface area (Å²) < 4.78 is 13.0. The Hall–Kier alpha value is -7.27. The molecule has 4 atom stereocenters. The molecule has 2 fully saturated rings. The van der Waals surface area contributed by atoms with E-state index in [1.165, 1.54) is 14.2 Å². The van der Waals surface area contributed by atoms with Gasteiger partial charge in [0.2, 0.25) is 11.8 Å². The zero-order valence-electron chi connectivity index (χ0n) is 39.9. The molecule has 0 unspecified atom stereocenters. The largest absolute Gasteiger partial charge is 0.453 e. The van der Waals surface area contributed by atoms with Gasteiger partial charge < -0.3 is 44.4 Å². The number of ether oxygens (including phenoxy) is 2. The van der Waals surface area contributed by atoms with Gasteiger partial charge in [-0.2, -0.15) is 0 Å². The molecule has 6 heterocycles. The van der Waals surface area contributed by atoms with Crippen molar-refractivity contribution in [3.8, 4) is 50.7 Å². The second kappa shape index (κ2) is 19.8. The summed E-state index contributed by atoms with van der Waals surface area (Å²) in [6.07, 6.45) is 5.57. The Bertz CT molecular complexity index is 2830. The van der Waals surface area contributed by atoms with Crippen LogP contribution in [0.1, 0.15) is 82.1 Å². The van der Waals surface area contributed by atoms with Crippen molar-refractivity contribution in [2.75, 3.05) is 27.3 Å². The van der Waals surface area contributed by atoms with Gasteiger partial charge in [-0.15, -0.1) is 11.3 Å². The van der Waals surface area contributed by atoms with Crippen LogP contribution in [0.2, 0.25) is 0 Å². The highest BCUT2D eigenvalue weighted by Gasteiger charge is 2.39. The van der Waals surface area contributed by atoms with Crippen molar-refractivity contribution >= 4 is 45.6 Å². The lowest BCUT2D eigenvalue weighted by Crippen LogP contribution is -2.51. The van der Waals surface area contributed by atoms with Gasteiger partial charge in [0.1, 0.15) is 23.7 Å². The average molecular weight is 951 g/mol. The first-order chi connectivity index (χ1) is 33.3. The van der Waals surface area contributed by atoms with Crippen LogP contribution in [0.5, 0.6) is 0 Å². The Morgan fingerprint density at radius 2 is 1.10 bits per heavy atom. The maximum Gasteiger partial charge on any atom is 0.407 e. The molecule has 2 aliphatic heterocycles. The normalized spacial score (nSPS) is 16.9. The third-order valence-corrected chi connectivity index (χ3v) is 14.2. The standard InChI is InChI=1S/C52H58N10O6S/c1-29(2)45(58-51(65)67-6)49(63)60-24-8-10-42(60)47-53-27-38(56-47)32-12-16-34(17-13-32)40-21-22-41(62(40)36-20-23-44-37(26-36)55-31(5)69-44)35-18-14-33(15-19-35)39-28-54-48(57-39)43-11-9-25-61(43)50(64)46(30(3)4)59-52(66)68-7/h12-23,26-30,42-43,45-46H,8-11,24-25H2,1-7H3,(H,53,56)(H,54,57)(H,58,65)(H,59,66)/t42-,43-,45-,46-/m0/s1. The molecular weight excluding hydrogens is 893 g/mol. The number of rotatable bonds is 13. The molecule has 4 amide bonds. The summed E-state index contributed by atoms with van der Waals surface area (Å²) in [5, 5.41) is 6.45. The number of fused-ring (bicyclic) bond motifs is 1. The molecular formula is C52H58N10O6S. The number of imidazole rings is 2. The molecule has 16 nitrogen and oxygen atoms in total. The molecule has 7 aromatic rings. The van der Waals surface area contributed by atoms with Crippen molar-refractivity contribution in [3.63, 3.8) is 0 Å². The fraction of sp³-hybridized carbons (Fsp3) is 0.365. The lowest BCUT2D eigenvalue weighted by atomic mass is 10.0. The number of hydrogen-bond acceptors (Lipinski definition) is 10. The maximum absolute atomic E-state index is 13.7. The number of benzene rings is 3. The average Bonchev–Trinajstić information content (AvgIpc) is 4.22. The minimum atomic E-state index is -0.708. The number of carbonyl (C=O) groups excluding carboxylic acids is 4. The SMILES string of the molecule is COC(=O)N[C@H](C(=O)N1CCC[C@H]1c1ncc(-c2ccc(-c3ccc(-c4ccc(-c5cnc([C@@H]6CCCN6C(=O)[C@@H](NC(=O)OC)C(C)C)[nH]5)cc4)n3-c3ccc4sc(C)nc4c3)cc2)[nH]1)C(C)C. The smallest absolute Gasteiger partial charge is 0.407 e. The maximum atomic E-state index is 13.7. The Kier molecular flexibility index (Phi) is 13.4. The molecule has 2 saturated heterocycles. The van der Waals surface area contributed by atoms with Crippen LogP contribution in [0.15, 0.2) is 91.3 Å². The topological polar surface area (TPSA) is 192 Å². The van der Waals surface area contributed by atoms with Gasteiger partial charge in [-0.1, -0.05) is 76.2 Å². The molecule has 17 heteroatoms. The lowest BCUT2D eigenvalue weighted by molar-refractivity contribution is -0.136. The summed E-state index contributed by atoms with van der Waals surface area (Å²) in [6, 6.07) is 25.6. The number of alkyl carbamates (subject to hydrolysis) is 2. The molecule has 3 aromatic carbocycles. The van der Waals surface area contributed by atoms with Crippen molar-refractivity contribution in [3.05, 3.63) is 108 Å². The summed E-state index contributed by atoms with van der Waals surface area (Å²) in [5.74, 6) is 0.883. The first-order valence-electron chi connectivity index (χ1n) is 23.5. The van der Waals surface area contributed by atoms with Gasteiger partial charge in [-0.05, 0) is 97.0 Å². The van der Waals surface area contributed by atoms with Crippen molar-refractivity contribution in [2.24, 2.45) is 11.8 Å². The van der Waals surface area contributed by atoms with Gasteiger partial charge in [0, 0.05) is 18.8 Å². The number of aromatic nitrogens is 6. The van der Waals surface area contributed by atoms with Crippen LogP contribution >= 0.6 is 11.3 Å². The van der Waals surface area contributed by atoms with Gasteiger partial charge in [-0.25, -0.2) is 24.5 Å². The number of carbonyl (C=O) groups is 4. The predicted octanol–water partition coefficient (Wildman–Crippen LogP) is 9.60. The Labute approximate surface area is 404 Å². The summed E-state index contributed by atoms with van der Waals surface area (Å²) in [6.45, 7) is 10.8. The first kappa shape index (κ1) is 46.8. The van der Waals surface area contributed by atoms with E-state index < -0.39 is 24.3 Å². The molecule has 0 aliphatic carbocycles. The molecule has 9 rings (SSSR count). The second-order valence-corrected chi connectivity index (χ2v) is 19.7. The van der Waals surface area contributed by atoms with Gasteiger partial charge in [-0.3, -0.25) is 9.59 Å². The minimum absolute atomic E-state index is 0.123. The number of hydrogen-bond donors (Lipinski definition) is 4. The third kappa shape index (κ3) is 9.47. The molecule has 358 valence electrons. The molecule has 4 N–H and O–H groups in total. The number of likely N-dealkylation sites (tertiary alicyclic amines) is 2. The number of aromatic amines is 2. The highest BCUT2D eigenvalue weighted by Crippen LogP contribution is 2.38. The summed E-state index contributed by atoms with van der Waals surface area (Å²) >= 11 is 1.68. The number of methoxy groups -OCH3 is 2. The van der Waals surface area contributed by atoms with Crippen molar-refractivity contribution < 1.29 is 28.7 Å². The summed E-state index contributed by atoms with van der Waals surface area (Å²) in [5.41, 5.74) is 9.59. The number of amides is 4. The van der Waals surface area contributed by atoms with Crippen molar-refractivity contribution in [2.45, 2.75) is 84.5 Å². The number of H-pyrrole nitrogens is 2. The van der Waals surface area contributed by atoms with E-state index >= 15 is 0 Å². The van der Waals surface area contributed by atoms with E-state index in [0.29, 0.717) is 24.7 Å². The number of thiazole rings is 1. The molecule has 0 spiro atoms. The molecule has 4 aromatic heterocycles. The predicted molar refractivity (Wildman–Crippen MR) is 265 cm³/mol. The molecule has 2 aliphatic rings. The van der Waals surface area contributed by atoms with E-state index in [-0.39, 0.29) is 35.7 Å². The van der Waals surface area contributed by atoms with Gasteiger partial charge in [0.25, 0.3) is 0 Å². The lowest BCUT2D eigenvalue weighted by Gasteiger charge is -2.30. The zero-order valence-corrected chi connectivity index (χ0v) is 40.7. The van der Waals surface area contributed by atoms with E-state index in [9.17, 15) is 19.2 Å². The van der Waals surface area contributed by atoms with Gasteiger partial charge in [0.15, 0.2) is 0 Å². The highest BCUT2D eigenvalue weighted by molar-refractivity contribution is 7.18. The van der Waals surface area contributed by atoms with Crippen LogP contribution in [0.25, 0.3) is 60.9 Å². The van der Waals surface area contributed by atoms with Crippen molar-refractivity contribution in [1.29, 1.82) is 0 Å². The molecule has 69 heavy (non-hydrogen) atoms. The van der Waals surface area contributed by atoms with Crippen LogP contribution in [0.3, 0.4) is 0 Å². The number of aryl methyl sites for hydroxylation is 1. The highest BCUT2D eigenvalue weighted by atomic mass is 32.1. The van der Waals surface area contributed by atoms with E-state index in [1.807, 2.05) is 56.8 Å². The second-order valence-electron chi connectivity index (χ2n) is 18.4. The Morgan fingerprint density at radius 1 is 0.652 bits per heavy atom. The van der Waals surface area contributed by atoms with Gasteiger partial charge >= 0.3 is 12.2 Å². The number of nitrogens with zero attached hydrogens (tertiary/aromatic N) is 6. The third-order valence-electron chi connectivity index (χ3n) is 13.3. The fourth-order valence-electron chi connectivity index (χ4n) is 9.67. The molecule has 0 radical (unpaired) electrons. The van der Waals surface area contributed by atoms with Gasteiger partial charge in [0.05, 0.1) is 76.7 Å². The monoisotopic (exact) mass is 950 g/mol. The Balaban J connectivity index is 0.971.